The number of hydrogen-bond acceptors (Lipinski definition) is 2. The van der Waals surface area contributed by atoms with Gasteiger partial charge in [0.15, 0.2) is 0 Å². The van der Waals surface area contributed by atoms with Crippen LogP contribution in [-0.4, -0.2) is 22.4 Å². The minimum Gasteiger partial charge on any atom is -0.307 e. The molecule has 0 saturated carbocycles. The van der Waals surface area contributed by atoms with Crippen LogP contribution in [0.1, 0.15) is 23.9 Å². The summed E-state index contributed by atoms with van der Waals surface area (Å²) >= 11 is 0. The number of aromatic nitrogens is 2. The van der Waals surface area contributed by atoms with Crippen molar-refractivity contribution < 1.29 is 8.78 Å². The van der Waals surface area contributed by atoms with Gasteiger partial charge in [-0.1, -0.05) is 0 Å². The Hall–Kier alpha value is -1.49. The maximum absolute atomic E-state index is 14.1. The number of hydrogen-bond donors (Lipinski definition) is 1. The zero-order valence-electron chi connectivity index (χ0n) is 10.4. The number of aryl methyl sites for hydroxylation is 2. The molecule has 96 valence electrons. The van der Waals surface area contributed by atoms with Crippen LogP contribution in [-0.2, 0) is 0 Å². The second-order valence-electron chi connectivity index (χ2n) is 4.94. The van der Waals surface area contributed by atoms with Crippen LogP contribution in [0.25, 0.3) is 0 Å². The maximum Gasteiger partial charge on any atom is 0.125 e. The summed E-state index contributed by atoms with van der Waals surface area (Å²) < 4.78 is 29.6. The summed E-state index contributed by atoms with van der Waals surface area (Å²) in [6, 6.07) is 1.23. The van der Waals surface area contributed by atoms with E-state index in [2.05, 4.69) is 10.4 Å². The largest absolute Gasteiger partial charge is 0.307 e. The van der Waals surface area contributed by atoms with Crippen LogP contribution in [0.3, 0.4) is 0 Å². The highest BCUT2D eigenvalue weighted by atomic mass is 19.1. The minimum absolute atomic E-state index is 0.00263. The van der Waals surface area contributed by atoms with Crippen LogP contribution in [0.15, 0.2) is 29.4 Å². The molecule has 0 aromatic carbocycles. The third-order valence-corrected chi connectivity index (χ3v) is 3.42. The van der Waals surface area contributed by atoms with Crippen LogP contribution in [0.2, 0.25) is 0 Å². The molecule has 1 aliphatic carbocycles. The van der Waals surface area contributed by atoms with E-state index in [1.807, 2.05) is 19.9 Å². The van der Waals surface area contributed by atoms with Crippen LogP contribution in [0, 0.1) is 13.8 Å². The highest BCUT2D eigenvalue weighted by Gasteiger charge is 2.34. The second-order valence-corrected chi connectivity index (χ2v) is 4.94. The van der Waals surface area contributed by atoms with Gasteiger partial charge < -0.3 is 5.32 Å². The van der Waals surface area contributed by atoms with Crippen LogP contribution < -0.4 is 5.32 Å². The van der Waals surface area contributed by atoms with Crippen molar-refractivity contribution in [3.05, 3.63) is 40.8 Å². The monoisotopic (exact) mass is 251 g/mol. The maximum atomic E-state index is 14.1. The molecule has 1 fully saturated rings. The molecule has 3 nitrogen and oxygen atoms in total. The lowest BCUT2D eigenvalue weighted by Gasteiger charge is -2.21. The summed E-state index contributed by atoms with van der Waals surface area (Å²) in [5.41, 5.74) is 2.13. The molecule has 1 saturated heterocycles. The first-order valence-corrected chi connectivity index (χ1v) is 6.08. The smallest absolute Gasteiger partial charge is 0.125 e. The Morgan fingerprint density at radius 2 is 2.11 bits per heavy atom. The van der Waals surface area contributed by atoms with Gasteiger partial charge in [0.1, 0.15) is 17.7 Å². The van der Waals surface area contributed by atoms with E-state index in [4.69, 9.17) is 0 Å². The molecule has 1 unspecified atom stereocenters. The van der Waals surface area contributed by atoms with Crippen molar-refractivity contribution in [2.45, 2.75) is 32.4 Å². The lowest BCUT2D eigenvalue weighted by atomic mass is 9.98. The van der Waals surface area contributed by atoms with Crippen LogP contribution in [0.4, 0.5) is 8.78 Å². The van der Waals surface area contributed by atoms with Gasteiger partial charge >= 0.3 is 0 Å². The molecule has 2 heterocycles. The van der Waals surface area contributed by atoms with Crippen LogP contribution in [0.5, 0.6) is 0 Å². The lowest BCUT2D eigenvalue weighted by Crippen LogP contribution is -2.18. The second kappa shape index (κ2) is 4.02. The summed E-state index contributed by atoms with van der Waals surface area (Å²) in [6.07, 6.45) is 1.38. The quantitative estimate of drug-likeness (QED) is 0.820. The number of allylic oxidation sites excluding steroid dienone is 2. The first kappa shape index (κ1) is 11.6. The zero-order chi connectivity index (χ0) is 12.9. The molecule has 1 aromatic rings. The standard InChI is InChI=1S/C13H15F2N3/c1-7-3-8(2)18(17-7)13-5-10(14)9(4-11(13)15)12-6-16-12/h3-4,12-13,16H,5-6H2,1-2H3/t12-,13?/m0/s1. The van der Waals surface area contributed by atoms with Crippen molar-refractivity contribution in [1.29, 1.82) is 0 Å². The highest BCUT2D eigenvalue weighted by Crippen LogP contribution is 2.37. The van der Waals surface area contributed by atoms with Gasteiger partial charge in [-0.15, -0.1) is 0 Å². The molecule has 0 amide bonds. The Bertz CT molecular complexity index is 553. The van der Waals surface area contributed by atoms with E-state index >= 15 is 0 Å². The van der Waals surface area contributed by atoms with Gasteiger partial charge in [-0.05, 0) is 26.0 Å². The Labute approximate surface area is 104 Å². The van der Waals surface area contributed by atoms with Crippen molar-refractivity contribution in [2.24, 2.45) is 0 Å². The summed E-state index contributed by atoms with van der Waals surface area (Å²) in [6.45, 7) is 4.43. The van der Waals surface area contributed by atoms with Crippen molar-refractivity contribution in [3.63, 3.8) is 0 Å². The Morgan fingerprint density at radius 1 is 1.39 bits per heavy atom. The SMILES string of the molecule is Cc1cc(C)n(C2CC(F)=C([C@@H]3CN3)C=C2F)n1. The van der Waals surface area contributed by atoms with Gasteiger partial charge in [0, 0.05) is 30.3 Å². The molecule has 18 heavy (non-hydrogen) atoms. The Kier molecular flexibility index (Phi) is 2.59. The van der Waals surface area contributed by atoms with Crippen molar-refractivity contribution in [1.82, 2.24) is 15.1 Å². The number of rotatable bonds is 2. The van der Waals surface area contributed by atoms with E-state index in [-0.39, 0.29) is 24.1 Å². The van der Waals surface area contributed by atoms with E-state index in [1.165, 1.54) is 6.08 Å². The van der Waals surface area contributed by atoms with E-state index in [0.717, 1.165) is 17.9 Å². The molecule has 2 aliphatic rings. The fourth-order valence-electron chi connectivity index (χ4n) is 2.44. The molecule has 0 radical (unpaired) electrons. The van der Waals surface area contributed by atoms with Gasteiger partial charge in [-0.3, -0.25) is 4.68 Å². The van der Waals surface area contributed by atoms with E-state index < -0.39 is 6.04 Å². The van der Waals surface area contributed by atoms with Gasteiger partial charge in [-0.25, -0.2) is 8.78 Å². The summed E-state index contributed by atoms with van der Waals surface area (Å²) in [5.74, 6) is -0.546. The molecule has 1 aromatic heterocycles. The van der Waals surface area contributed by atoms with E-state index in [0.29, 0.717) is 5.57 Å². The van der Waals surface area contributed by atoms with E-state index in [9.17, 15) is 8.78 Å². The summed E-state index contributed by atoms with van der Waals surface area (Å²) in [7, 11) is 0. The van der Waals surface area contributed by atoms with Crippen molar-refractivity contribution in [3.8, 4) is 0 Å². The molecular weight excluding hydrogens is 236 g/mol. The minimum atomic E-state index is -0.638. The predicted octanol–water partition coefficient (Wildman–Crippen LogP) is 2.49. The van der Waals surface area contributed by atoms with Crippen molar-refractivity contribution >= 4 is 0 Å². The number of nitrogens with one attached hydrogen (secondary N) is 1. The third kappa shape index (κ3) is 1.88. The highest BCUT2D eigenvalue weighted by molar-refractivity contribution is 5.38. The molecule has 3 rings (SSSR count). The molecule has 5 heteroatoms. The third-order valence-electron chi connectivity index (χ3n) is 3.42. The Morgan fingerprint density at radius 3 is 2.67 bits per heavy atom. The van der Waals surface area contributed by atoms with Gasteiger partial charge in [0.05, 0.1) is 5.69 Å². The average molecular weight is 251 g/mol. The van der Waals surface area contributed by atoms with Gasteiger partial charge in [0.25, 0.3) is 0 Å². The number of nitrogens with zero attached hydrogens (tertiary/aromatic N) is 2. The van der Waals surface area contributed by atoms with Crippen LogP contribution >= 0.6 is 0 Å². The van der Waals surface area contributed by atoms with Gasteiger partial charge in [-0.2, -0.15) is 5.10 Å². The summed E-state index contributed by atoms with van der Waals surface area (Å²) in [4.78, 5) is 0. The normalized spacial score (nSPS) is 27.4. The fraction of sp³-hybridized carbons (Fsp3) is 0.462. The summed E-state index contributed by atoms with van der Waals surface area (Å²) in [5, 5.41) is 7.23. The number of halogens is 2. The zero-order valence-corrected chi connectivity index (χ0v) is 10.4. The van der Waals surface area contributed by atoms with E-state index in [1.54, 1.807) is 4.68 Å². The Balaban J connectivity index is 1.93. The predicted molar refractivity (Wildman–Crippen MR) is 64.5 cm³/mol. The molecule has 0 bridgehead atoms. The lowest BCUT2D eigenvalue weighted by molar-refractivity contribution is 0.374. The molecule has 0 spiro atoms. The average Bonchev–Trinajstić information content (AvgIpc) is 3.08. The topological polar surface area (TPSA) is 39.8 Å². The first-order chi connectivity index (χ1) is 8.56. The van der Waals surface area contributed by atoms with Crippen molar-refractivity contribution in [2.75, 3.05) is 6.54 Å². The van der Waals surface area contributed by atoms with Gasteiger partial charge in [0.2, 0.25) is 0 Å². The molecular formula is C13H15F2N3. The molecule has 1 aliphatic heterocycles. The fourth-order valence-corrected chi connectivity index (χ4v) is 2.44. The molecule has 2 atom stereocenters. The first-order valence-electron chi connectivity index (χ1n) is 6.08. The molecule has 1 N–H and O–H groups in total.